The maximum absolute atomic E-state index is 11.9. The van der Waals surface area contributed by atoms with E-state index in [1.807, 2.05) is 6.07 Å². The van der Waals surface area contributed by atoms with Crippen LogP contribution in [0.4, 0.5) is 0 Å². The van der Waals surface area contributed by atoms with Crippen molar-refractivity contribution in [3.05, 3.63) is 35.4 Å². The van der Waals surface area contributed by atoms with Gasteiger partial charge in [0.25, 0.3) is 5.91 Å². The molecule has 1 aromatic carbocycles. The summed E-state index contributed by atoms with van der Waals surface area (Å²) in [5, 5.41) is 21.6. The molecule has 112 valence electrons. The number of carbonyl (C=O) groups excluding carboxylic acids is 1. The number of nitriles is 1. The van der Waals surface area contributed by atoms with Crippen molar-refractivity contribution in [2.24, 2.45) is 5.92 Å². The van der Waals surface area contributed by atoms with Crippen LogP contribution in [0.3, 0.4) is 0 Å². The van der Waals surface area contributed by atoms with E-state index in [1.165, 1.54) is 0 Å². The molecule has 0 saturated carbocycles. The SMILES string of the molecule is N#Cc1ccc(C(=O)NCCC(O)C2CCOCC2)cc1. The number of hydrogen-bond donors (Lipinski definition) is 2. The van der Waals surface area contributed by atoms with Crippen molar-refractivity contribution in [2.45, 2.75) is 25.4 Å². The van der Waals surface area contributed by atoms with Crippen LogP contribution in [0.2, 0.25) is 0 Å². The molecule has 1 aromatic rings. The Kier molecular flexibility index (Phi) is 5.73. The summed E-state index contributed by atoms with van der Waals surface area (Å²) in [6.45, 7) is 1.86. The molecule has 21 heavy (non-hydrogen) atoms. The van der Waals surface area contributed by atoms with Crippen LogP contribution < -0.4 is 5.32 Å². The highest BCUT2D eigenvalue weighted by Gasteiger charge is 2.21. The van der Waals surface area contributed by atoms with E-state index in [-0.39, 0.29) is 11.8 Å². The van der Waals surface area contributed by atoms with Gasteiger partial charge in [-0.15, -0.1) is 0 Å². The van der Waals surface area contributed by atoms with Gasteiger partial charge in [0.15, 0.2) is 0 Å². The first-order valence-corrected chi connectivity index (χ1v) is 7.25. The topological polar surface area (TPSA) is 82.4 Å². The van der Waals surface area contributed by atoms with Crippen molar-refractivity contribution in [1.29, 1.82) is 5.26 Å². The molecule has 0 aliphatic carbocycles. The highest BCUT2D eigenvalue weighted by Crippen LogP contribution is 2.20. The number of hydrogen-bond acceptors (Lipinski definition) is 4. The summed E-state index contributed by atoms with van der Waals surface area (Å²) >= 11 is 0. The number of benzene rings is 1. The van der Waals surface area contributed by atoms with Gasteiger partial charge in [0.05, 0.1) is 17.7 Å². The fourth-order valence-corrected chi connectivity index (χ4v) is 2.47. The van der Waals surface area contributed by atoms with Crippen molar-refractivity contribution >= 4 is 5.91 Å². The standard InChI is InChI=1S/C16H20N2O3/c17-11-12-1-3-14(4-2-12)16(20)18-8-5-15(19)13-6-9-21-10-7-13/h1-4,13,15,19H,5-10H2,(H,18,20). The number of rotatable bonds is 5. The molecule has 0 aromatic heterocycles. The second kappa shape index (κ2) is 7.77. The third-order valence-corrected chi connectivity index (χ3v) is 3.81. The lowest BCUT2D eigenvalue weighted by molar-refractivity contribution is 0.00528. The molecule has 1 unspecified atom stereocenters. The average molecular weight is 288 g/mol. The zero-order valence-electron chi connectivity index (χ0n) is 11.9. The molecule has 1 saturated heterocycles. The van der Waals surface area contributed by atoms with Gasteiger partial charge >= 0.3 is 0 Å². The summed E-state index contributed by atoms with van der Waals surface area (Å²) in [6, 6.07) is 8.50. The predicted octanol–water partition coefficient (Wildman–Crippen LogP) is 1.47. The molecule has 2 N–H and O–H groups in total. The lowest BCUT2D eigenvalue weighted by atomic mass is 9.92. The van der Waals surface area contributed by atoms with Gasteiger partial charge < -0.3 is 15.2 Å². The fourth-order valence-electron chi connectivity index (χ4n) is 2.47. The van der Waals surface area contributed by atoms with Crippen molar-refractivity contribution in [1.82, 2.24) is 5.32 Å². The third kappa shape index (κ3) is 4.55. The molecule has 1 amide bonds. The van der Waals surface area contributed by atoms with E-state index in [1.54, 1.807) is 24.3 Å². The highest BCUT2D eigenvalue weighted by atomic mass is 16.5. The second-order valence-corrected chi connectivity index (χ2v) is 5.25. The van der Waals surface area contributed by atoms with Gasteiger partial charge in [-0.2, -0.15) is 5.26 Å². The molecule has 1 atom stereocenters. The number of aliphatic hydroxyl groups is 1. The number of carbonyl (C=O) groups is 1. The fraction of sp³-hybridized carbons (Fsp3) is 0.500. The summed E-state index contributed by atoms with van der Waals surface area (Å²) in [7, 11) is 0. The monoisotopic (exact) mass is 288 g/mol. The Balaban J connectivity index is 1.74. The first kappa shape index (κ1) is 15.5. The zero-order chi connectivity index (χ0) is 15.1. The molecule has 0 radical (unpaired) electrons. The minimum atomic E-state index is -0.393. The van der Waals surface area contributed by atoms with E-state index in [2.05, 4.69) is 5.32 Å². The third-order valence-electron chi connectivity index (χ3n) is 3.81. The highest BCUT2D eigenvalue weighted by molar-refractivity contribution is 5.94. The maximum atomic E-state index is 11.9. The van der Waals surface area contributed by atoms with Gasteiger partial charge in [-0.3, -0.25) is 4.79 Å². The van der Waals surface area contributed by atoms with E-state index in [0.717, 1.165) is 12.8 Å². The van der Waals surface area contributed by atoms with Gasteiger partial charge in [0.2, 0.25) is 0 Å². The number of nitrogens with zero attached hydrogens (tertiary/aromatic N) is 1. The van der Waals surface area contributed by atoms with E-state index in [0.29, 0.717) is 37.3 Å². The van der Waals surface area contributed by atoms with E-state index in [9.17, 15) is 9.90 Å². The number of ether oxygens (including phenoxy) is 1. The summed E-state index contributed by atoms with van der Waals surface area (Å²) in [4.78, 5) is 11.9. The van der Waals surface area contributed by atoms with Crippen LogP contribution in [0.25, 0.3) is 0 Å². The van der Waals surface area contributed by atoms with Crippen molar-refractivity contribution in [3.63, 3.8) is 0 Å². The van der Waals surface area contributed by atoms with Crippen LogP contribution in [0.1, 0.15) is 35.2 Å². The molecule has 0 spiro atoms. The molecule has 1 aliphatic rings. The average Bonchev–Trinajstić information content (AvgIpc) is 2.55. The van der Waals surface area contributed by atoms with Crippen LogP contribution >= 0.6 is 0 Å². The molecule has 5 nitrogen and oxygen atoms in total. The van der Waals surface area contributed by atoms with Crippen LogP contribution in [-0.4, -0.2) is 36.9 Å². The normalized spacial score (nSPS) is 17.0. The van der Waals surface area contributed by atoms with Gasteiger partial charge in [-0.1, -0.05) is 0 Å². The Morgan fingerprint density at radius 2 is 2.05 bits per heavy atom. The Morgan fingerprint density at radius 3 is 2.67 bits per heavy atom. The van der Waals surface area contributed by atoms with Gasteiger partial charge in [0, 0.05) is 25.3 Å². The van der Waals surface area contributed by atoms with E-state index < -0.39 is 6.10 Å². The van der Waals surface area contributed by atoms with Gasteiger partial charge in [-0.25, -0.2) is 0 Å². The Bertz CT molecular complexity index is 501. The van der Waals surface area contributed by atoms with Crippen molar-refractivity contribution in [2.75, 3.05) is 19.8 Å². The van der Waals surface area contributed by atoms with Crippen LogP contribution in [0.5, 0.6) is 0 Å². The molecule has 2 rings (SSSR count). The molecular formula is C16H20N2O3. The maximum Gasteiger partial charge on any atom is 0.251 e. The molecule has 1 aliphatic heterocycles. The zero-order valence-corrected chi connectivity index (χ0v) is 11.9. The van der Waals surface area contributed by atoms with Crippen LogP contribution in [0.15, 0.2) is 24.3 Å². The van der Waals surface area contributed by atoms with Gasteiger partial charge in [-0.05, 0) is 49.4 Å². The van der Waals surface area contributed by atoms with Crippen LogP contribution in [-0.2, 0) is 4.74 Å². The van der Waals surface area contributed by atoms with Crippen molar-refractivity contribution in [3.8, 4) is 6.07 Å². The summed E-state index contributed by atoms with van der Waals surface area (Å²) in [6.07, 6.45) is 1.91. The molecular weight excluding hydrogens is 268 g/mol. The minimum Gasteiger partial charge on any atom is -0.393 e. The Labute approximate surface area is 124 Å². The lowest BCUT2D eigenvalue weighted by Crippen LogP contribution is -2.32. The van der Waals surface area contributed by atoms with Gasteiger partial charge in [0.1, 0.15) is 0 Å². The van der Waals surface area contributed by atoms with E-state index in [4.69, 9.17) is 10.00 Å². The number of amides is 1. The smallest absolute Gasteiger partial charge is 0.251 e. The first-order chi connectivity index (χ1) is 10.2. The molecule has 1 fully saturated rings. The largest absolute Gasteiger partial charge is 0.393 e. The first-order valence-electron chi connectivity index (χ1n) is 7.25. The molecule has 5 heteroatoms. The van der Waals surface area contributed by atoms with Crippen molar-refractivity contribution < 1.29 is 14.6 Å². The summed E-state index contributed by atoms with van der Waals surface area (Å²) in [5.74, 6) is 0.0873. The Morgan fingerprint density at radius 1 is 1.38 bits per heavy atom. The predicted molar refractivity (Wildman–Crippen MR) is 77.7 cm³/mol. The second-order valence-electron chi connectivity index (χ2n) is 5.25. The number of nitrogens with one attached hydrogen (secondary N) is 1. The van der Waals surface area contributed by atoms with E-state index >= 15 is 0 Å². The summed E-state index contributed by atoms with van der Waals surface area (Å²) < 4.78 is 5.27. The summed E-state index contributed by atoms with van der Waals surface area (Å²) in [5.41, 5.74) is 1.05. The number of aliphatic hydroxyl groups excluding tert-OH is 1. The lowest BCUT2D eigenvalue weighted by Gasteiger charge is -2.26. The quantitative estimate of drug-likeness (QED) is 0.859. The molecule has 0 bridgehead atoms. The molecule has 1 heterocycles. The minimum absolute atomic E-state index is 0.182. The Hall–Kier alpha value is -1.90. The van der Waals surface area contributed by atoms with Crippen LogP contribution in [0, 0.1) is 17.2 Å².